The molecule has 1 aromatic heterocycles. The number of rotatable bonds is 3. The maximum Gasteiger partial charge on any atom is 0.185 e. The molecule has 1 aromatic rings. The Balaban J connectivity index is 2.08. The van der Waals surface area contributed by atoms with Crippen LogP contribution in [-0.4, -0.2) is 24.6 Å². The first-order valence-electron chi connectivity index (χ1n) is 6.17. The standard InChI is InChI=1S/C12H21N3S/c1-10-6-4-3-5-7-15(10)12-14-9-11(16-12)8-13-2/h9-10,13H,3-8H2,1-2H3. The number of thiazole rings is 1. The summed E-state index contributed by atoms with van der Waals surface area (Å²) in [5.41, 5.74) is 0. The normalized spacial score (nSPS) is 22.1. The third-order valence-electron chi connectivity index (χ3n) is 3.19. The molecule has 3 nitrogen and oxygen atoms in total. The Morgan fingerprint density at radius 3 is 3.19 bits per heavy atom. The zero-order valence-corrected chi connectivity index (χ0v) is 11.0. The Hall–Kier alpha value is -0.610. The highest BCUT2D eigenvalue weighted by Gasteiger charge is 2.19. The number of anilines is 1. The molecule has 1 aliphatic rings. The van der Waals surface area contributed by atoms with Crippen LogP contribution in [0.3, 0.4) is 0 Å². The average molecular weight is 239 g/mol. The fraction of sp³-hybridized carbons (Fsp3) is 0.750. The van der Waals surface area contributed by atoms with Crippen molar-refractivity contribution in [2.24, 2.45) is 0 Å². The van der Waals surface area contributed by atoms with Gasteiger partial charge in [0.15, 0.2) is 5.13 Å². The smallest absolute Gasteiger partial charge is 0.185 e. The van der Waals surface area contributed by atoms with Gasteiger partial charge in [0, 0.05) is 30.2 Å². The van der Waals surface area contributed by atoms with Crippen LogP contribution < -0.4 is 10.2 Å². The molecule has 1 unspecified atom stereocenters. The van der Waals surface area contributed by atoms with E-state index in [2.05, 4.69) is 22.1 Å². The van der Waals surface area contributed by atoms with Gasteiger partial charge in [0.25, 0.3) is 0 Å². The van der Waals surface area contributed by atoms with Crippen LogP contribution in [0.2, 0.25) is 0 Å². The fourth-order valence-corrected chi connectivity index (χ4v) is 3.30. The minimum Gasteiger partial charge on any atom is -0.345 e. The third kappa shape index (κ3) is 2.74. The van der Waals surface area contributed by atoms with E-state index in [1.54, 1.807) is 0 Å². The molecule has 2 heterocycles. The summed E-state index contributed by atoms with van der Waals surface area (Å²) in [6.45, 7) is 4.43. The molecular formula is C12H21N3S. The van der Waals surface area contributed by atoms with E-state index in [0.717, 1.165) is 6.54 Å². The Morgan fingerprint density at radius 1 is 1.50 bits per heavy atom. The average Bonchev–Trinajstić information content (AvgIpc) is 2.61. The van der Waals surface area contributed by atoms with Crippen molar-refractivity contribution >= 4 is 16.5 Å². The predicted octanol–water partition coefficient (Wildman–Crippen LogP) is 2.63. The molecule has 0 aliphatic carbocycles. The zero-order chi connectivity index (χ0) is 11.4. The Bertz CT molecular complexity index is 324. The lowest BCUT2D eigenvalue weighted by Crippen LogP contribution is -2.32. The van der Waals surface area contributed by atoms with Crippen molar-refractivity contribution in [2.45, 2.75) is 45.2 Å². The van der Waals surface area contributed by atoms with Gasteiger partial charge in [-0.15, -0.1) is 11.3 Å². The van der Waals surface area contributed by atoms with Gasteiger partial charge in [0.2, 0.25) is 0 Å². The molecule has 0 aromatic carbocycles. The van der Waals surface area contributed by atoms with Crippen molar-refractivity contribution in [3.63, 3.8) is 0 Å². The fourth-order valence-electron chi connectivity index (χ4n) is 2.24. The van der Waals surface area contributed by atoms with E-state index in [-0.39, 0.29) is 0 Å². The number of nitrogens with one attached hydrogen (secondary N) is 1. The molecule has 1 atom stereocenters. The van der Waals surface area contributed by atoms with Gasteiger partial charge in [-0.3, -0.25) is 0 Å². The van der Waals surface area contributed by atoms with E-state index < -0.39 is 0 Å². The SMILES string of the molecule is CNCc1cnc(N2CCCCCC2C)s1. The van der Waals surface area contributed by atoms with E-state index >= 15 is 0 Å². The highest BCUT2D eigenvalue weighted by atomic mass is 32.1. The molecule has 0 saturated carbocycles. The first-order chi connectivity index (χ1) is 7.81. The minimum atomic E-state index is 0.649. The molecule has 4 heteroatoms. The minimum absolute atomic E-state index is 0.649. The maximum atomic E-state index is 4.56. The van der Waals surface area contributed by atoms with Gasteiger partial charge >= 0.3 is 0 Å². The van der Waals surface area contributed by atoms with Gasteiger partial charge in [-0.05, 0) is 26.8 Å². The van der Waals surface area contributed by atoms with Gasteiger partial charge in [0.05, 0.1) is 0 Å². The summed E-state index contributed by atoms with van der Waals surface area (Å²) in [6, 6.07) is 0.649. The molecule has 0 spiro atoms. The van der Waals surface area contributed by atoms with E-state index in [1.807, 2.05) is 24.6 Å². The first kappa shape index (κ1) is 11.9. The van der Waals surface area contributed by atoms with Crippen LogP contribution in [0.1, 0.15) is 37.5 Å². The topological polar surface area (TPSA) is 28.2 Å². The van der Waals surface area contributed by atoms with Gasteiger partial charge in [-0.2, -0.15) is 0 Å². The van der Waals surface area contributed by atoms with Crippen LogP contribution in [0.15, 0.2) is 6.20 Å². The van der Waals surface area contributed by atoms with E-state index in [9.17, 15) is 0 Å². The summed E-state index contributed by atoms with van der Waals surface area (Å²) in [7, 11) is 1.98. The molecule has 1 fully saturated rings. The Kier molecular flexibility index (Phi) is 4.18. The van der Waals surface area contributed by atoms with Crippen molar-refractivity contribution in [1.82, 2.24) is 10.3 Å². The molecule has 0 radical (unpaired) electrons. The number of hydrogen-bond acceptors (Lipinski definition) is 4. The highest BCUT2D eigenvalue weighted by molar-refractivity contribution is 7.15. The summed E-state index contributed by atoms with van der Waals surface area (Å²) < 4.78 is 0. The largest absolute Gasteiger partial charge is 0.345 e. The summed E-state index contributed by atoms with van der Waals surface area (Å²) >= 11 is 1.83. The van der Waals surface area contributed by atoms with Crippen molar-refractivity contribution < 1.29 is 0 Å². The van der Waals surface area contributed by atoms with Gasteiger partial charge < -0.3 is 10.2 Å². The lowest BCUT2D eigenvalue weighted by molar-refractivity contribution is 0.615. The first-order valence-corrected chi connectivity index (χ1v) is 6.99. The molecule has 0 amide bonds. The Morgan fingerprint density at radius 2 is 2.38 bits per heavy atom. The lowest BCUT2D eigenvalue weighted by Gasteiger charge is -2.26. The lowest BCUT2D eigenvalue weighted by atomic mass is 10.1. The number of aromatic nitrogens is 1. The maximum absolute atomic E-state index is 4.56. The summed E-state index contributed by atoms with van der Waals surface area (Å²) in [4.78, 5) is 8.37. The third-order valence-corrected chi connectivity index (χ3v) is 4.23. The number of nitrogens with zero attached hydrogens (tertiary/aromatic N) is 2. The molecular weight excluding hydrogens is 218 g/mol. The van der Waals surface area contributed by atoms with E-state index in [4.69, 9.17) is 0 Å². The summed E-state index contributed by atoms with van der Waals surface area (Å²) in [6.07, 6.45) is 7.36. The zero-order valence-electron chi connectivity index (χ0n) is 10.2. The van der Waals surface area contributed by atoms with Crippen molar-refractivity contribution in [3.05, 3.63) is 11.1 Å². The Labute approximate surface area is 102 Å². The van der Waals surface area contributed by atoms with E-state index in [0.29, 0.717) is 6.04 Å². The van der Waals surface area contributed by atoms with Crippen molar-refractivity contribution in [3.8, 4) is 0 Å². The predicted molar refractivity (Wildman–Crippen MR) is 70.2 cm³/mol. The molecule has 16 heavy (non-hydrogen) atoms. The molecule has 1 saturated heterocycles. The van der Waals surface area contributed by atoms with Crippen LogP contribution >= 0.6 is 11.3 Å². The highest BCUT2D eigenvalue weighted by Crippen LogP contribution is 2.28. The summed E-state index contributed by atoms with van der Waals surface area (Å²) in [5, 5.41) is 4.38. The molecule has 1 aliphatic heterocycles. The number of hydrogen-bond donors (Lipinski definition) is 1. The second-order valence-corrected chi connectivity index (χ2v) is 5.62. The van der Waals surface area contributed by atoms with Crippen LogP contribution in [0.5, 0.6) is 0 Å². The van der Waals surface area contributed by atoms with Gasteiger partial charge in [-0.25, -0.2) is 4.98 Å². The van der Waals surface area contributed by atoms with Crippen molar-refractivity contribution in [1.29, 1.82) is 0 Å². The molecule has 2 rings (SSSR count). The quantitative estimate of drug-likeness (QED) is 0.879. The van der Waals surface area contributed by atoms with Crippen LogP contribution in [0.25, 0.3) is 0 Å². The van der Waals surface area contributed by atoms with Crippen molar-refractivity contribution in [2.75, 3.05) is 18.5 Å². The van der Waals surface area contributed by atoms with Crippen LogP contribution in [0, 0.1) is 0 Å². The van der Waals surface area contributed by atoms with E-state index in [1.165, 1.54) is 42.2 Å². The molecule has 0 bridgehead atoms. The van der Waals surface area contributed by atoms with Crippen LogP contribution in [0.4, 0.5) is 5.13 Å². The second kappa shape index (κ2) is 5.64. The monoisotopic (exact) mass is 239 g/mol. The van der Waals surface area contributed by atoms with Crippen LogP contribution in [-0.2, 0) is 6.54 Å². The van der Waals surface area contributed by atoms with Gasteiger partial charge in [0.1, 0.15) is 0 Å². The molecule has 1 N–H and O–H groups in total. The second-order valence-electron chi connectivity index (χ2n) is 4.53. The summed E-state index contributed by atoms with van der Waals surface area (Å²) in [5.74, 6) is 0. The van der Waals surface area contributed by atoms with Gasteiger partial charge in [-0.1, -0.05) is 12.8 Å². The molecule has 90 valence electrons.